The topological polar surface area (TPSA) is 52.1 Å². The van der Waals surface area contributed by atoms with Crippen molar-refractivity contribution < 1.29 is 0 Å². The lowest BCUT2D eigenvalue weighted by Gasteiger charge is -2.31. The number of likely N-dealkylation sites (tertiary alicyclic amines) is 1. The smallest absolute Gasteiger partial charge is 0.131 e. The molecule has 6 heteroatoms. The fourth-order valence-electron chi connectivity index (χ4n) is 3.74. The van der Waals surface area contributed by atoms with Crippen LogP contribution in [0.25, 0.3) is 11.1 Å². The van der Waals surface area contributed by atoms with E-state index in [-0.39, 0.29) is 0 Å². The van der Waals surface area contributed by atoms with Crippen LogP contribution in [0.1, 0.15) is 32.7 Å². The number of fused-ring (bicyclic) bond motifs is 1. The maximum atomic E-state index is 4.65. The zero-order valence-electron chi connectivity index (χ0n) is 14.2. The van der Waals surface area contributed by atoms with Crippen LogP contribution >= 0.6 is 0 Å². The molecule has 1 fully saturated rings. The molecule has 4 rings (SSSR count). The Labute approximate surface area is 137 Å². The number of aromatic nitrogens is 3. The minimum absolute atomic E-state index is 0.324. The summed E-state index contributed by atoms with van der Waals surface area (Å²) in [5, 5.41) is 8.20. The molecule has 2 aliphatic rings. The normalized spacial score (nSPS) is 22.4. The Morgan fingerprint density at radius 2 is 2.09 bits per heavy atom. The summed E-state index contributed by atoms with van der Waals surface area (Å²) in [4.78, 5) is 8.13. The third-order valence-corrected chi connectivity index (χ3v) is 5.44. The molecular formula is C17H26N6. The third-order valence-electron chi connectivity index (χ3n) is 5.44. The van der Waals surface area contributed by atoms with E-state index in [9.17, 15) is 0 Å². The molecule has 1 unspecified atom stereocenters. The van der Waals surface area contributed by atoms with Gasteiger partial charge in [-0.2, -0.15) is 5.10 Å². The van der Waals surface area contributed by atoms with E-state index >= 15 is 0 Å². The lowest BCUT2D eigenvalue weighted by atomic mass is 10.1. The Morgan fingerprint density at radius 1 is 1.30 bits per heavy atom. The van der Waals surface area contributed by atoms with Crippen molar-refractivity contribution >= 4 is 11.5 Å². The Hall–Kier alpha value is -1.95. The van der Waals surface area contributed by atoms with E-state index in [1.807, 2.05) is 6.20 Å². The highest BCUT2D eigenvalue weighted by Crippen LogP contribution is 2.41. The fourth-order valence-corrected chi connectivity index (χ4v) is 3.74. The van der Waals surface area contributed by atoms with Gasteiger partial charge in [0.2, 0.25) is 0 Å². The molecule has 0 bridgehead atoms. The van der Waals surface area contributed by atoms with Crippen molar-refractivity contribution in [1.82, 2.24) is 19.7 Å². The summed E-state index contributed by atoms with van der Waals surface area (Å²) in [7, 11) is 2.11. The number of H-pyrrole nitrogens is 1. The predicted molar refractivity (Wildman–Crippen MR) is 93.9 cm³/mol. The van der Waals surface area contributed by atoms with Crippen LogP contribution in [0, 0.1) is 0 Å². The molecule has 2 aromatic rings. The molecular weight excluding hydrogens is 288 g/mol. The zero-order valence-corrected chi connectivity index (χ0v) is 14.2. The van der Waals surface area contributed by atoms with Crippen LogP contribution in [0.2, 0.25) is 0 Å². The number of aromatic amines is 1. The van der Waals surface area contributed by atoms with Crippen molar-refractivity contribution in [3.05, 3.63) is 18.6 Å². The van der Waals surface area contributed by atoms with E-state index in [0.29, 0.717) is 12.2 Å². The number of anilines is 2. The molecule has 2 N–H and O–H groups in total. The van der Waals surface area contributed by atoms with E-state index in [0.717, 1.165) is 12.4 Å². The second kappa shape index (κ2) is 5.60. The number of nitrogens with one attached hydrogen (secondary N) is 2. The van der Waals surface area contributed by atoms with Crippen LogP contribution in [0.4, 0.5) is 11.5 Å². The summed E-state index contributed by atoms with van der Waals surface area (Å²) in [5.41, 5.74) is 3.60. The van der Waals surface area contributed by atoms with Crippen LogP contribution in [-0.4, -0.2) is 52.5 Å². The molecule has 0 amide bonds. The fraction of sp³-hybridized carbons (Fsp3) is 0.588. The Morgan fingerprint density at radius 3 is 2.83 bits per heavy atom. The summed E-state index contributed by atoms with van der Waals surface area (Å²) in [6.45, 7) is 7.93. The van der Waals surface area contributed by atoms with Crippen molar-refractivity contribution in [3.8, 4) is 11.1 Å². The third kappa shape index (κ3) is 2.41. The second-order valence-electron chi connectivity index (χ2n) is 6.73. The van der Waals surface area contributed by atoms with Gasteiger partial charge in [0.25, 0.3) is 0 Å². The minimum atomic E-state index is 0.324. The monoisotopic (exact) mass is 314 g/mol. The molecule has 0 spiro atoms. The largest absolute Gasteiger partial charge is 0.362 e. The molecule has 2 aliphatic heterocycles. The Kier molecular flexibility index (Phi) is 3.56. The van der Waals surface area contributed by atoms with E-state index in [4.69, 9.17) is 0 Å². The van der Waals surface area contributed by atoms with Crippen LogP contribution in [0.3, 0.4) is 0 Å². The van der Waals surface area contributed by atoms with Crippen molar-refractivity contribution in [1.29, 1.82) is 0 Å². The van der Waals surface area contributed by atoms with Crippen LogP contribution in [0.5, 0.6) is 0 Å². The summed E-state index contributed by atoms with van der Waals surface area (Å²) in [5.74, 6) is 1.16. The zero-order chi connectivity index (χ0) is 16.0. The Balaban J connectivity index is 1.55. The van der Waals surface area contributed by atoms with E-state index < -0.39 is 0 Å². The molecule has 0 radical (unpaired) electrons. The summed E-state index contributed by atoms with van der Waals surface area (Å²) < 4.78 is 2.17. The number of piperidine rings is 1. The van der Waals surface area contributed by atoms with Gasteiger partial charge >= 0.3 is 0 Å². The van der Waals surface area contributed by atoms with Gasteiger partial charge in [0, 0.05) is 43.7 Å². The highest BCUT2D eigenvalue weighted by molar-refractivity contribution is 5.89. The quantitative estimate of drug-likeness (QED) is 0.915. The van der Waals surface area contributed by atoms with E-state index in [1.165, 1.54) is 42.7 Å². The first-order valence-electron chi connectivity index (χ1n) is 8.65. The van der Waals surface area contributed by atoms with Crippen molar-refractivity contribution in [2.45, 2.75) is 38.9 Å². The van der Waals surface area contributed by atoms with E-state index in [2.05, 4.69) is 63.2 Å². The first-order valence-corrected chi connectivity index (χ1v) is 8.65. The SMILES string of the molecule is CCN1CCC(n2cc(-c3c[nH]c4c3NC(C)N4C)cn2)CC1. The van der Waals surface area contributed by atoms with Gasteiger partial charge in [-0.15, -0.1) is 0 Å². The molecule has 1 saturated heterocycles. The molecule has 0 aliphatic carbocycles. The summed E-state index contributed by atoms with van der Waals surface area (Å²) in [6, 6.07) is 0.535. The average molecular weight is 314 g/mol. The summed E-state index contributed by atoms with van der Waals surface area (Å²) >= 11 is 0. The van der Waals surface area contributed by atoms with E-state index in [1.54, 1.807) is 0 Å². The maximum Gasteiger partial charge on any atom is 0.131 e. The van der Waals surface area contributed by atoms with Crippen molar-refractivity contribution in [2.75, 3.05) is 36.9 Å². The maximum absolute atomic E-state index is 4.65. The highest BCUT2D eigenvalue weighted by Gasteiger charge is 2.27. The molecule has 4 heterocycles. The van der Waals surface area contributed by atoms with Crippen LogP contribution in [0.15, 0.2) is 18.6 Å². The van der Waals surface area contributed by atoms with Gasteiger partial charge in [-0.3, -0.25) is 4.68 Å². The first-order chi connectivity index (χ1) is 11.2. The standard InChI is InChI=1S/C17H26N6/c1-4-22-7-5-14(6-8-22)23-11-13(9-19-23)15-10-18-17-16(15)20-12(2)21(17)3/h9-12,14,18,20H,4-8H2,1-3H3. The lowest BCUT2D eigenvalue weighted by molar-refractivity contribution is 0.187. The van der Waals surface area contributed by atoms with Gasteiger partial charge in [0.05, 0.1) is 24.1 Å². The molecule has 6 nitrogen and oxygen atoms in total. The number of rotatable bonds is 3. The molecule has 1 atom stereocenters. The highest BCUT2D eigenvalue weighted by atomic mass is 15.3. The average Bonchev–Trinajstić information content (AvgIpc) is 3.26. The van der Waals surface area contributed by atoms with Gasteiger partial charge in [-0.25, -0.2) is 0 Å². The van der Waals surface area contributed by atoms with Crippen molar-refractivity contribution in [2.24, 2.45) is 0 Å². The van der Waals surface area contributed by atoms with Gasteiger partial charge in [0.15, 0.2) is 0 Å². The van der Waals surface area contributed by atoms with Crippen molar-refractivity contribution in [3.63, 3.8) is 0 Å². The van der Waals surface area contributed by atoms with Crippen LogP contribution in [-0.2, 0) is 0 Å². The molecule has 0 aromatic carbocycles. The number of hydrogen-bond acceptors (Lipinski definition) is 4. The van der Waals surface area contributed by atoms with Gasteiger partial charge in [0.1, 0.15) is 5.82 Å². The second-order valence-corrected chi connectivity index (χ2v) is 6.73. The van der Waals surface area contributed by atoms with Gasteiger partial charge in [-0.05, 0) is 26.3 Å². The number of hydrogen-bond donors (Lipinski definition) is 2. The molecule has 124 valence electrons. The Bertz CT molecular complexity index is 679. The molecule has 2 aromatic heterocycles. The summed E-state index contributed by atoms with van der Waals surface area (Å²) in [6.07, 6.45) is 9.00. The van der Waals surface area contributed by atoms with Crippen LogP contribution < -0.4 is 10.2 Å². The minimum Gasteiger partial charge on any atom is -0.362 e. The number of nitrogens with zero attached hydrogens (tertiary/aromatic N) is 4. The van der Waals surface area contributed by atoms with Gasteiger partial charge < -0.3 is 20.1 Å². The predicted octanol–water partition coefficient (Wildman–Crippen LogP) is 2.74. The molecule has 0 saturated carbocycles. The molecule has 23 heavy (non-hydrogen) atoms. The van der Waals surface area contributed by atoms with Gasteiger partial charge in [-0.1, -0.05) is 6.92 Å². The lowest BCUT2D eigenvalue weighted by Crippen LogP contribution is -2.34. The first kappa shape index (κ1) is 14.6.